The minimum absolute atomic E-state index is 0.272. The van der Waals surface area contributed by atoms with Crippen molar-refractivity contribution in [3.8, 4) is 0 Å². The quantitative estimate of drug-likeness (QED) is 0.593. The van der Waals surface area contributed by atoms with Gasteiger partial charge in [0.25, 0.3) is 0 Å². The lowest BCUT2D eigenvalue weighted by Gasteiger charge is -2.41. The Labute approximate surface area is 168 Å². The van der Waals surface area contributed by atoms with Crippen molar-refractivity contribution in [3.63, 3.8) is 0 Å². The molecule has 0 radical (unpaired) electrons. The van der Waals surface area contributed by atoms with Gasteiger partial charge in [-0.05, 0) is 49.2 Å². The molecule has 0 atom stereocenters. The van der Waals surface area contributed by atoms with Gasteiger partial charge in [0.05, 0.1) is 17.9 Å². The van der Waals surface area contributed by atoms with Crippen LogP contribution in [0.5, 0.6) is 0 Å². The molecule has 3 aromatic rings. The Kier molecular flexibility index (Phi) is 5.41. The largest absolute Gasteiger partial charge is 0.368 e. The SMILES string of the molecule is O=CN(Cc1ccccn1)c1ccc(NCC2(c3ncccc3F)CCC2)nn1. The molecule has 4 rings (SSSR count). The van der Waals surface area contributed by atoms with Gasteiger partial charge in [-0.15, -0.1) is 10.2 Å². The molecule has 1 amide bonds. The molecule has 1 aliphatic rings. The monoisotopic (exact) mass is 392 g/mol. The molecule has 1 fully saturated rings. The number of rotatable bonds is 8. The zero-order chi connectivity index (χ0) is 20.1. The summed E-state index contributed by atoms with van der Waals surface area (Å²) in [6.45, 7) is 0.841. The van der Waals surface area contributed by atoms with Crippen LogP contribution in [0, 0.1) is 5.82 Å². The van der Waals surface area contributed by atoms with Crippen molar-refractivity contribution in [2.75, 3.05) is 16.8 Å². The first-order chi connectivity index (χ1) is 14.2. The minimum atomic E-state index is -0.320. The Balaban J connectivity index is 1.43. The maximum absolute atomic E-state index is 14.2. The summed E-state index contributed by atoms with van der Waals surface area (Å²) < 4.78 is 14.2. The molecule has 0 spiro atoms. The average molecular weight is 392 g/mol. The van der Waals surface area contributed by atoms with Gasteiger partial charge in [0.15, 0.2) is 5.82 Å². The zero-order valence-corrected chi connectivity index (χ0v) is 15.8. The average Bonchev–Trinajstić information content (AvgIpc) is 2.74. The summed E-state index contributed by atoms with van der Waals surface area (Å²) in [4.78, 5) is 21.4. The number of aromatic nitrogens is 4. The Morgan fingerprint density at radius 2 is 1.93 bits per heavy atom. The molecule has 0 aliphatic heterocycles. The first-order valence-corrected chi connectivity index (χ1v) is 9.51. The van der Waals surface area contributed by atoms with Gasteiger partial charge >= 0.3 is 0 Å². The van der Waals surface area contributed by atoms with Crippen LogP contribution in [0.3, 0.4) is 0 Å². The number of hydrogen-bond acceptors (Lipinski definition) is 6. The fraction of sp³-hybridized carbons (Fsp3) is 0.286. The first kappa shape index (κ1) is 18.9. The molecule has 0 bridgehead atoms. The molecule has 1 aliphatic carbocycles. The second kappa shape index (κ2) is 8.30. The molecule has 0 saturated heterocycles. The topological polar surface area (TPSA) is 83.9 Å². The Morgan fingerprint density at radius 3 is 2.55 bits per heavy atom. The number of pyridine rings is 2. The van der Waals surface area contributed by atoms with Crippen molar-refractivity contribution in [2.24, 2.45) is 0 Å². The fourth-order valence-corrected chi connectivity index (χ4v) is 3.55. The van der Waals surface area contributed by atoms with Crippen LogP contribution < -0.4 is 10.2 Å². The number of anilines is 2. The lowest BCUT2D eigenvalue weighted by atomic mass is 9.66. The summed E-state index contributed by atoms with van der Waals surface area (Å²) in [7, 11) is 0. The number of amides is 1. The lowest BCUT2D eigenvalue weighted by Crippen LogP contribution is -2.42. The van der Waals surface area contributed by atoms with Crippen molar-refractivity contribution in [3.05, 3.63) is 72.1 Å². The highest BCUT2D eigenvalue weighted by atomic mass is 19.1. The Bertz CT molecular complexity index is 962. The number of hydrogen-bond donors (Lipinski definition) is 1. The van der Waals surface area contributed by atoms with Crippen molar-refractivity contribution < 1.29 is 9.18 Å². The van der Waals surface area contributed by atoms with Crippen LogP contribution in [-0.2, 0) is 16.8 Å². The number of nitrogens with zero attached hydrogens (tertiary/aromatic N) is 5. The van der Waals surface area contributed by atoms with Gasteiger partial charge in [0.1, 0.15) is 11.6 Å². The lowest BCUT2D eigenvalue weighted by molar-refractivity contribution is -0.107. The van der Waals surface area contributed by atoms with E-state index >= 15 is 0 Å². The van der Waals surface area contributed by atoms with Crippen molar-refractivity contribution in [1.82, 2.24) is 20.2 Å². The van der Waals surface area contributed by atoms with E-state index in [1.54, 1.807) is 30.6 Å². The summed E-state index contributed by atoms with van der Waals surface area (Å²) in [5.41, 5.74) is 0.943. The van der Waals surface area contributed by atoms with Crippen LogP contribution in [0.4, 0.5) is 16.0 Å². The predicted octanol–water partition coefficient (Wildman–Crippen LogP) is 3.10. The van der Waals surface area contributed by atoms with E-state index in [1.807, 2.05) is 18.2 Å². The van der Waals surface area contributed by atoms with Crippen molar-refractivity contribution >= 4 is 18.0 Å². The maximum Gasteiger partial charge on any atom is 0.215 e. The fourth-order valence-electron chi connectivity index (χ4n) is 3.55. The maximum atomic E-state index is 14.2. The molecule has 1 N–H and O–H groups in total. The molecule has 1 saturated carbocycles. The van der Waals surface area contributed by atoms with Gasteiger partial charge in [0.2, 0.25) is 6.41 Å². The highest BCUT2D eigenvalue weighted by Gasteiger charge is 2.41. The van der Waals surface area contributed by atoms with E-state index in [0.717, 1.165) is 25.0 Å². The first-order valence-electron chi connectivity index (χ1n) is 9.51. The molecule has 29 heavy (non-hydrogen) atoms. The predicted molar refractivity (Wildman–Crippen MR) is 107 cm³/mol. The second-order valence-electron chi connectivity index (χ2n) is 7.15. The van der Waals surface area contributed by atoms with Crippen LogP contribution in [0.15, 0.2) is 54.9 Å². The van der Waals surface area contributed by atoms with Gasteiger partial charge in [-0.2, -0.15) is 0 Å². The summed E-state index contributed by atoms with van der Waals surface area (Å²) >= 11 is 0. The van der Waals surface area contributed by atoms with E-state index < -0.39 is 0 Å². The molecule has 0 aromatic carbocycles. The number of carbonyl (C=O) groups excluding carboxylic acids is 1. The normalized spacial score (nSPS) is 14.7. The third-order valence-corrected chi connectivity index (χ3v) is 5.31. The van der Waals surface area contributed by atoms with Crippen LogP contribution in [0.2, 0.25) is 0 Å². The van der Waals surface area contributed by atoms with Gasteiger partial charge in [0, 0.05) is 24.4 Å². The second-order valence-corrected chi connectivity index (χ2v) is 7.15. The summed E-state index contributed by atoms with van der Waals surface area (Å²) in [6, 6.07) is 12.1. The van der Waals surface area contributed by atoms with E-state index in [-0.39, 0.29) is 11.2 Å². The van der Waals surface area contributed by atoms with Crippen LogP contribution >= 0.6 is 0 Å². The molecule has 3 heterocycles. The van der Waals surface area contributed by atoms with E-state index in [1.165, 1.54) is 11.0 Å². The smallest absolute Gasteiger partial charge is 0.215 e. The van der Waals surface area contributed by atoms with Crippen molar-refractivity contribution in [1.29, 1.82) is 0 Å². The van der Waals surface area contributed by atoms with Crippen molar-refractivity contribution in [2.45, 2.75) is 31.2 Å². The third kappa shape index (κ3) is 4.06. The number of halogens is 1. The summed E-state index contributed by atoms with van der Waals surface area (Å²) in [5.74, 6) is 0.733. The standard InChI is InChI=1S/C21H21FN6O/c22-17-6-3-12-24-20(17)21(9-4-10-21)14-25-18-7-8-19(27-26-18)28(15-29)13-16-5-1-2-11-23-16/h1-3,5-8,11-12,15H,4,9-10,13-14H2,(H,25,26). The molecular weight excluding hydrogens is 371 g/mol. The summed E-state index contributed by atoms with van der Waals surface area (Å²) in [5, 5.41) is 11.6. The van der Waals surface area contributed by atoms with Crippen LogP contribution in [0.1, 0.15) is 30.7 Å². The van der Waals surface area contributed by atoms with Gasteiger partial charge in [-0.3, -0.25) is 19.7 Å². The minimum Gasteiger partial charge on any atom is -0.368 e. The molecule has 8 heteroatoms. The van der Waals surface area contributed by atoms with E-state index in [4.69, 9.17) is 0 Å². The van der Waals surface area contributed by atoms with Gasteiger partial charge < -0.3 is 5.32 Å². The van der Waals surface area contributed by atoms with Gasteiger partial charge in [-0.1, -0.05) is 12.5 Å². The third-order valence-electron chi connectivity index (χ3n) is 5.31. The zero-order valence-electron chi connectivity index (χ0n) is 15.8. The van der Waals surface area contributed by atoms with E-state index in [2.05, 4.69) is 25.5 Å². The molecule has 7 nitrogen and oxygen atoms in total. The number of nitrogens with one attached hydrogen (secondary N) is 1. The molecular formula is C21H21FN6O. The molecule has 0 unspecified atom stereocenters. The highest BCUT2D eigenvalue weighted by Crippen LogP contribution is 2.43. The van der Waals surface area contributed by atoms with Crippen LogP contribution in [-0.4, -0.2) is 33.1 Å². The highest BCUT2D eigenvalue weighted by molar-refractivity contribution is 5.72. The van der Waals surface area contributed by atoms with Crippen LogP contribution in [0.25, 0.3) is 0 Å². The number of carbonyl (C=O) groups is 1. The Hall–Kier alpha value is -3.42. The molecule has 148 valence electrons. The summed E-state index contributed by atoms with van der Waals surface area (Å²) in [6.07, 6.45) is 6.81. The Morgan fingerprint density at radius 1 is 1.07 bits per heavy atom. The van der Waals surface area contributed by atoms with Gasteiger partial charge in [-0.25, -0.2) is 4.39 Å². The van der Waals surface area contributed by atoms with E-state index in [9.17, 15) is 9.18 Å². The van der Waals surface area contributed by atoms with E-state index in [0.29, 0.717) is 36.8 Å². The molecule has 3 aromatic heterocycles.